The molecule has 1 fully saturated rings. The molecule has 5 rings (SSSR count). The zero-order valence-corrected chi connectivity index (χ0v) is 18.9. The molecule has 1 aliphatic carbocycles. The third-order valence-electron chi connectivity index (χ3n) is 5.35. The number of nitrogens with one attached hydrogen (secondary N) is 1. The molecular weight excluding hydrogens is 472 g/mol. The average molecular weight is 493 g/mol. The number of hydrogen-bond acceptors (Lipinski definition) is 7. The van der Waals surface area contributed by atoms with Gasteiger partial charge in [-0.25, -0.2) is 8.78 Å². The lowest BCUT2D eigenvalue weighted by atomic mass is 10.2. The zero-order chi connectivity index (χ0) is 25.1. The predicted molar refractivity (Wildman–Crippen MR) is 127 cm³/mol. The van der Waals surface area contributed by atoms with Crippen LogP contribution in [-0.4, -0.2) is 40.3 Å². The van der Waals surface area contributed by atoms with Gasteiger partial charge < -0.3 is 24.6 Å². The van der Waals surface area contributed by atoms with E-state index in [-0.39, 0.29) is 36.3 Å². The predicted octanol–water partition coefficient (Wildman–Crippen LogP) is 4.86. The molecule has 2 aromatic carbocycles. The SMILES string of the molecule is O=C(Nc1cc(F)c(Oc2ccnc3cc(OCCO)ccc23)c(F)c1)c1cnccc1OC1CC1. The Labute approximate surface area is 204 Å². The van der Waals surface area contributed by atoms with E-state index in [9.17, 15) is 13.6 Å². The Morgan fingerprint density at radius 3 is 2.58 bits per heavy atom. The van der Waals surface area contributed by atoms with Crippen LogP contribution < -0.4 is 19.5 Å². The van der Waals surface area contributed by atoms with Gasteiger partial charge in [-0.15, -0.1) is 0 Å². The van der Waals surface area contributed by atoms with Crippen molar-refractivity contribution in [2.24, 2.45) is 0 Å². The van der Waals surface area contributed by atoms with Gasteiger partial charge in [-0.1, -0.05) is 0 Å². The molecule has 10 heteroatoms. The standard InChI is InChI=1S/C26H21F2N3O5/c27-20-11-15(31-26(33)19-14-29-7-5-24(19)35-16-1-2-16)12-21(28)25(20)36-23-6-8-30-22-13-17(34-10-9-32)3-4-18(22)23/h3-8,11-14,16,32H,1-2,9-10H2,(H,31,33). The second kappa shape index (κ2) is 10.1. The molecule has 0 unspecified atom stereocenters. The summed E-state index contributed by atoms with van der Waals surface area (Å²) in [5.74, 6) is -2.21. The van der Waals surface area contributed by atoms with Crippen molar-refractivity contribution in [2.45, 2.75) is 18.9 Å². The molecule has 2 aromatic heterocycles. The fourth-order valence-corrected chi connectivity index (χ4v) is 3.50. The Bertz CT molecular complexity index is 1410. The highest BCUT2D eigenvalue weighted by atomic mass is 19.1. The number of carbonyl (C=O) groups excluding carboxylic acids is 1. The van der Waals surface area contributed by atoms with E-state index < -0.39 is 23.3 Å². The molecule has 2 N–H and O–H groups in total. The monoisotopic (exact) mass is 493 g/mol. The molecule has 0 atom stereocenters. The fraction of sp³-hybridized carbons (Fsp3) is 0.192. The molecule has 1 amide bonds. The van der Waals surface area contributed by atoms with E-state index in [1.165, 1.54) is 24.7 Å². The van der Waals surface area contributed by atoms with Crippen LogP contribution in [-0.2, 0) is 0 Å². The lowest BCUT2D eigenvalue weighted by molar-refractivity contribution is 0.102. The second-order valence-electron chi connectivity index (χ2n) is 8.07. The van der Waals surface area contributed by atoms with Gasteiger partial charge in [0, 0.05) is 47.9 Å². The van der Waals surface area contributed by atoms with Crippen molar-refractivity contribution in [3.63, 3.8) is 0 Å². The highest BCUT2D eigenvalue weighted by Crippen LogP contribution is 2.35. The van der Waals surface area contributed by atoms with E-state index >= 15 is 0 Å². The van der Waals surface area contributed by atoms with Gasteiger partial charge in [-0.05, 0) is 37.1 Å². The molecule has 0 radical (unpaired) electrons. The van der Waals surface area contributed by atoms with Crippen molar-refractivity contribution in [1.29, 1.82) is 0 Å². The highest BCUT2D eigenvalue weighted by Gasteiger charge is 2.26. The van der Waals surface area contributed by atoms with Crippen LogP contribution in [0.25, 0.3) is 10.9 Å². The Kier molecular flexibility index (Phi) is 6.59. The second-order valence-corrected chi connectivity index (χ2v) is 8.07. The van der Waals surface area contributed by atoms with Crippen LogP contribution in [0, 0.1) is 11.6 Å². The minimum absolute atomic E-state index is 0.0641. The third kappa shape index (κ3) is 5.18. The van der Waals surface area contributed by atoms with Gasteiger partial charge in [0.15, 0.2) is 17.4 Å². The van der Waals surface area contributed by atoms with E-state index in [2.05, 4.69) is 15.3 Å². The molecule has 0 aliphatic heterocycles. The highest BCUT2D eigenvalue weighted by molar-refractivity contribution is 6.06. The molecule has 4 aromatic rings. The number of aromatic nitrogens is 2. The normalized spacial score (nSPS) is 12.9. The van der Waals surface area contributed by atoms with Gasteiger partial charge in [0.25, 0.3) is 5.91 Å². The summed E-state index contributed by atoms with van der Waals surface area (Å²) in [6.45, 7) is -0.0160. The number of aliphatic hydroxyl groups excluding tert-OH is 1. The number of rotatable bonds is 9. The first-order chi connectivity index (χ1) is 17.5. The number of ether oxygens (including phenoxy) is 3. The van der Waals surface area contributed by atoms with Crippen LogP contribution in [0.15, 0.2) is 61.1 Å². The van der Waals surface area contributed by atoms with Crippen molar-refractivity contribution >= 4 is 22.5 Å². The lowest BCUT2D eigenvalue weighted by Crippen LogP contribution is -2.15. The van der Waals surface area contributed by atoms with Crippen LogP contribution in [0.4, 0.5) is 14.5 Å². The van der Waals surface area contributed by atoms with Crippen molar-refractivity contribution in [3.05, 3.63) is 78.3 Å². The van der Waals surface area contributed by atoms with Crippen molar-refractivity contribution in [3.8, 4) is 23.0 Å². The summed E-state index contributed by atoms with van der Waals surface area (Å²) in [6, 6.07) is 9.90. The first kappa shape index (κ1) is 23.4. The van der Waals surface area contributed by atoms with E-state index in [0.29, 0.717) is 22.4 Å². The van der Waals surface area contributed by atoms with Crippen molar-refractivity contribution in [1.82, 2.24) is 9.97 Å². The number of benzene rings is 2. The topological polar surface area (TPSA) is 103 Å². The molecule has 184 valence electrons. The van der Waals surface area contributed by atoms with Gasteiger partial charge in [0.2, 0.25) is 0 Å². The van der Waals surface area contributed by atoms with Crippen LogP contribution in [0.5, 0.6) is 23.0 Å². The zero-order valence-electron chi connectivity index (χ0n) is 18.9. The maximum Gasteiger partial charge on any atom is 0.261 e. The van der Waals surface area contributed by atoms with Crippen molar-refractivity contribution < 1.29 is 32.9 Å². The van der Waals surface area contributed by atoms with Crippen LogP contribution >= 0.6 is 0 Å². The average Bonchev–Trinajstić information content (AvgIpc) is 3.69. The molecule has 1 aliphatic rings. The maximum absolute atomic E-state index is 14.9. The van der Waals surface area contributed by atoms with Gasteiger partial charge in [-0.2, -0.15) is 0 Å². The Morgan fingerprint density at radius 2 is 1.83 bits per heavy atom. The summed E-state index contributed by atoms with van der Waals surface area (Å²) in [6.07, 6.45) is 6.17. The largest absolute Gasteiger partial charge is 0.491 e. The first-order valence-electron chi connectivity index (χ1n) is 11.2. The Hall–Kier alpha value is -4.31. The number of halogens is 2. The first-order valence-corrected chi connectivity index (χ1v) is 11.2. The van der Waals surface area contributed by atoms with Crippen LogP contribution in [0.1, 0.15) is 23.2 Å². The number of amides is 1. The minimum atomic E-state index is -1.00. The van der Waals surface area contributed by atoms with Gasteiger partial charge in [0.05, 0.1) is 23.8 Å². The molecule has 8 nitrogen and oxygen atoms in total. The molecular formula is C26H21F2N3O5. The van der Waals surface area contributed by atoms with E-state index in [4.69, 9.17) is 19.3 Å². The lowest BCUT2D eigenvalue weighted by Gasteiger charge is -2.13. The van der Waals surface area contributed by atoms with Crippen LogP contribution in [0.2, 0.25) is 0 Å². The summed E-state index contributed by atoms with van der Waals surface area (Å²) in [7, 11) is 0. The van der Waals surface area contributed by atoms with Crippen molar-refractivity contribution in [2.75, 3.05) is 18.5 Å². The number of carbonyl (C=O) groups is 1. The molecule has 1 saturated carbocycles. The molecule has 0 saturated heterocycles. The number of aliphatic hydroxyl groups is 1. The third-order valence-corrected chi connectivity index (χ3v) is 5.35. The van der Waals surface area contributed by atoms with E-state index in [1.54, 1.807) is 24.3 Å². The fourth-order valence-electron chi connectivity index (χ4n) is 3.50. The molecule has 2 heterocycles. The Morgan fingerprint density at radius 1 is 1.06 bits per heavy atom. The summed E-state index contributed by atoms with van der Waals surface area (Å²) in [4.78, 5) is 20.9. The van der Waals surface area contributed by atoms with Gasteiger partial charge in [0.1, 0.15) is 23.9 Å². The number of pyridine rings is 2. The maximum atomic E-state index is 14.9. The minimum Gasteiger partial charge on any atom is -0.491 e. The number of nitrogens with zero attached hydrogens (tertiary/aromatic N) is 2. The number of anilines is 1. The molecule has 0 bridgehead atoms. The Balaban J connectivity index is 1.36. The summed E-state index contributed by atoms with van der Waals surface area (Å²) >= 11 is 0. The molecule has 36 heavy (non-hydrogen) atoms. The summed E-state index contributed by atoms with van der Waals surface area (Å²) in [5, 5.41) is 11.9. The summed E-state index contributed by atoms with van der Waals surface area (Å²) in [5.41, 5.74) is 0.554. The number of hydrogen-bond donors (Lipinski definition) is 2. The van der Waals surface area contributed by atoms with E-state index in [0.717, 1.165) is 25.0 Å². The van der Waals surface area contributed by atoms with Gasteiger partial charge >= 0.3 is 0 Å². The summed E-state index contributed by atoms with van der Waals surface area (Å²) < 4.78 is 46.5. The van der Waals surface area contributed by atoms with E-state index in [1.807, 2.05) is 0 Å². The quantitative estimate of drug-likeness (QED) is 0.343. The van der Waals surface area contributed by atoms with Gasteiger partial charge in [-0.3, -0.25) is 14.8 Å². The van der Waals surface area contributed by atoms with Crippen LogP contribution in [0.3, 0.4) is 0 Å². The number of fused-ring (bicyclic) bond motifs is 1. The smallest absolute Gasteiger partial charge is 0.261 e. The molecule has 0 spiro atoms.